The smallest absolute Gasteiger partial charge is 0.306 e. The number of nitrogens with one attached hydrogen (secondary N) is 4. The van der Waals surface area contributed by atoms with E-state index in [1.165, 1.54) is 25.7 Å². The standard InChI is InChI=1S/C37H73N5O2/c1-32(2)20-28(21-33(3,4)40-32)38-19-15-14-16-27(26-39-29-22-34(5,6)41-35(7,8)23-29)17-18-31(43)44-30-24-36(9,10)42(13)37(11,12)25-30/h27-30,38-41H,14-26H2,1-13H3. The predicted molar refractivity (Wildman–Crippen MR) is 186 cm³/mol. The number of nitrogens with zero attached hydrogens (tertiary/aromatic N) is 1. The molecule has 1 atom stereocenters. The number of hydrogen-bond donors (Lipinski definition) is 4. The van der Waals surface area contributed by atoms with Gasteiger partial charge in [0, 0.05) is 64.6 Å². The van der Waals surface area contributed by atoms with Gasteiger partial charge in [-0.3, -0.25) is 9.69 Å². The van der Waals surface area contributed by atoms with E-state index in [2.05, 4.69) is 116 Å². The first kappa shape index (κ1) is 37.7. The number of unbranched alkanes of at least 4 members (excludes halogenated alkanes) is 1. The molecule has 3 heterocycles. The molecule has 7 nitrogen and oxygen atoms in total. The molecule has 3 fully saturated rings. The second kappa shape index (κ2) is 14.2. The van der Waals surface area contributed by atoms with Crippen LogP contribution in [-0.2, 0) is 9.53 Å². The van der Waals surface area contributed by atoms with Crippen LogP contribution in [0.5, 0.6) is 0 Å². The van der Waals surface area contributed by atoms with Gasteiger partial charge < -0.3 is 26.0 Å². The fraction of sp³-hybridized carbons (Fsp3) is 0.973. The molecule has 0 saturated carbocycles. The minimum absolute atomic E-state index is 0.00417. The highest BCUT2D eigenvalue weighted by molar-refractivity contribution is 5.69. The molecular weight excluding hydrogens is 546 g/mol. The van der Waals surface area contributed by atoms with Crippen LogP contribution >= 0.6 is 0 Å². The summed E-state index contributed by atoms with van der Waals surface area (Å²) in [5.74, 6) is 0.462. The van der Waals surface area contributed by atoms with E-state index in [-0.39, 0.29) is 45.3 Å². The molecule has 4 N–H and O–H groups in total. The maximum absolute atomic E-state index is 13.2. The number of carbonyl (C=O) groups excluding carboxylic acids is 1. The maximum Gasteiger partial charge on any atom is 0.306 e. The largest absolute Gasteiger partial charge is 0.462 e. The monoisotopic (exact) mass is 620 g/mol. The molecule has 0 radical (unpaired) electrons. The van der Waals surface area contributed by atoms with Crippen molar-refractivity contribution in [2.45, 2.75) is 205 Å². The first-order valence-electron chi connectivity index (χ1n) is 18.0. The quantitative estimate of drug-likeness (QED) is 0.138. The van der Waals surface area contributed by atoms with E-state index in [4.69, 9.17) is 4.74 Å². The van der Waals surface area contributed by atoms with Crippen molar-refractivity contribution in [2.24, 2.45) is 5.92 Å². The summed E-state index contributed by atoms with van der Waals surface area (Å²) in [6, 6.07) is 1.06. The van der Waals surface area contributed by atoms with Crippen LogP contribution in [0.25, 0.3) is 0 Å². The van der Waals surface area contributed by atoms with E-state index >= 15 is 0 Å². The van der Waals surface area contributed by atoms with Gasteiger partial charge in [-0.05, 0) is 154 Å². The summed E-state index contributed by atoms with van der Waals surface area (Å²) in [5.41, 5.74) is 0.616. The van der Waals surface area contributed by atoms with E-state index < -0.39 is 0 Å². The third kappa shape index (κ3) is 11.8. The summed E-state index contributed by atoms with van der Waals surface area (Å²) in [4.78, 5) is 15.6. The fourth-order valence-corrected chi connectivity index (χ4v) is 9.41. The molecule has 3 aliphatic rings. The summed E-state index contributed by atoms with van der Waals surface area (Å²) in [7, 11) is 2.20. The van der Waals surface area contributed by atoms with Crippen LogP contribution < -0.4 is 21.3 Å². The van der Waals surface area contributed by atoms with Crippen LogP contribution in [-0.4, -0.2) is 82.4 Å². The Morgan fingerprint density at radius 2 is 1.16 bits per heavy atom. The molecule has 0 aromatic heterocycles. The molecule has 0 aliphatic carbocycles. The summed E-state index contributed by atoms with van der Waals surface area (Å²) in [6.45, 7) is 29.7. The van der Waals surface area contributed by atoms with E-state index in [9.17, 15) is 4.79 Å². The average molecular weight is 620 g/mol. The van der Waals surface area contributed by atoms with Crippen molar-refractivity contribution < 1.29 is 9.53 Å². The molecule has 0 spiro atoms. The zero-order valence-corrected chi connectivity index (χ0v) is 31.3. The van der Waals surface area contributed by atoms with Crippen LogP contribution in [0.4, 0.5) is 0 Å². The lowest BCUT2D eigenvalue weighted by molar-refractivity contribution is -0.159. The molecule has 3 saturated heterocycles. The van der Waals surface area contributed by atoms with Gasteiger partial charge in [-0.2, -0.15) is 0 Å². The van der Waals surface area contributed by atoms with Crippen molar-refractivity contribution in [2.75, 3.05) is 20.1 Å². The summed E-state index contributed by atoms with van der Waals surface area (Å²) >= 11 is 0. The van der Waals surface area contributed by atoms with Gasteiger partial charge in [0.2, 0.25) is 0 Å². The Morgan fingerprint density at radius 1 is 0.705 bits per heavy atom. The number of ether oxygens (including phenoxy) is 1. The number of piperidine rings is 3. The third-order valence-electron chi connectivity index (χ3n) is 10.9. The molecule has 0 amide bonds. The second-order valence-electron chi connectivity index (χ2n) is 19.0. The van der Waals surface area contributed by atoms with Gasteiger partial charge in [0.25, 0.3) is 0 Å². The molecule has 0 aromatic carbocycles. The molecule has 7 heteroatoms. The molecule has 0 bridgehead atoms. The summed E-state index contributed by atoms with van der Waals surface area (Å²) in [5, 5.41) is 15.4. The van der Waals surface area contributed by atoms with E-state index in [0.717, 1.165) is 51.6 Å². The highest BCUT2D eigenvalue weighted by Gasteiger charge is 2.44. The average Bonchev–Trinajstić information content (AvgIpc) is 2.79. The van der Waals surface area contributed by atoms with Gasteiger partial charge in [0.15, 0.2) is 0 Å². The second-order valence-corrected chi connectivity index (χ2v) is 19.0. The molecule has 1 unspecified atom stereocenters. The summed E-state index contributed by atoms with van der Waals surface area (Å²) < 4.78 is 6.14. The lowest BCUT2D eigenvalue weighted by Crippen LogP contribution is -2.61. The van der Waals surface area contributed by atoms with Crippen molar-refractivity contribution in [3.8, 4) is 0 Å². The SMILES string of the molecule is CN1C(C)(C)CC(OC(=O)CCC(CCCCNC2CC(C)(C)NC(C)(C)C2)CNC2CC(C)(C)NC(C)(C)C2)CC1(C)C. The number of rotatable bonds is 13. The van der Waals surface area contributed by atoms with Crippen LogP contribution in [0.3, 0.4) is 0 Å². The van der Waals surface area contributed by atoms with Crippen molar-refractivity contribution in [1.82, 2.24) is 26.2 Å². The van der Waals surface area contributed by atoms with Gasteiger partial charge in [-0.25, -0.2) is 0 Å². The Morgan fingerprint density at radius 3 is 1.64 bits per heavy atom. The normalized spacial score (nSPS) is 27.6. The van der Waals surface area contributed by atoms with E-state index in [0.29, 0.717) is 24.4 Å². The molecular formula is C37H73N5O2. The lowest BCUT2D eigenvalue weighted by atomic mass is 9.78. The maximum atomic E-state index is 13.2. The molecule has 258 valence electrons. The van der Waals surface area contributed by atoms with Gasteiger partial charge in [0.05, 0.1) is 0 Å². The highest BCUT2D eigenvalue weighted by Crippen LogP contribution is 2.38. The van der Waals surface area contributed by atoms with Gasteiger partial charge in [-0.1, -0.05) is 6.42 Å². The molecule has 3 rings (SSSR count). The van der Waals surface area contributed by atoms with Crippen molar-refractivity contribution in [1.29, 1.82) is 0 Å². The Hall–Kier alpha value is -0.730. The van der Waals surface area contributed by atoms with E-state index in [1.807, 2.05) is 0 Å². The third-order valence-corrected chi connectivity index (χ3v) is 10.9. The highest BCUT2D eigenvalue weighted by atomic mass is 16.5. The van der Waals surface area contributed by atoms with Crippen molar-refractivity contribution >= 4 is 5.97 Å². The zero-order valence-electron chi connectivity index (χ0n) is 31.3. The Kier molecular flexibility index (Phi) is 12.2. The summed E-state index contributed by atoms with van der Waals surface area (Å²) in [6.07, 6.45) is 11.3. The van der Waals surface area contributed by atoms with Crippen LogP contribution in [0.2, 0.25) is 0 Å². The molecule has 0 aromatic rings. The Bertz CT molecular complexity index is 890. The first-order chi connectivity index (χ1) is 20.0. The fourth-order valence-electron chi connectivity index (χ4n) is 9.41. The minimum Gasteiger partial charge on any atom is -0.462 e. The number of esters is 1. The topological polar surface area (TPSA) is 77.7 Å². The van der Waals surface area contributed by atoms with Crippen LogP contribution in [0.1, 0.15) is 154 Å². The lowest BCUT2D eigenvalue weighted by Gasteiger charge is -2.53. The Balaban J connectivity index is 1.52. The number of hydrogen-bond acceptors (Lipinski definition) is 7. The molecule has 3 aliphatic heterocycles. The first-order valence-corrected chi connectivity index (χ1v) is 18.0. The molecule has 44 heavy (non-hydrogen) atoms. The minimum atomic E-state index is -0.0157. The number of carbonyl (C=O) groups is 1. The number of likely N-dealkylation sites (tertiary alicyclic amines) is 1. The zero-order chi connectivity index (χ0) is 33.2. The van der Waals surface area contributed by atoms with Gasteiger partial charge in [-0.15, -0.1) is 0 Å². The van der Waals surface area contributed by atoms with Crippen LogP contribution in [0.15, 0.2) is 0 Å². The predicted octanol–water partition coefficient (Wildman–Crippen LogP) is 6.55. The van der Waals surface area contributed by atoms with Crippen LogP contribution in [0, 0.1) is 5.92 Å². The Labute approximate surface area is 272 Å². The van der Waals surface area contributed by atoms with Gasteiger partial charge >= 0.3 is 5.97 Å². The van der Waals surface area contributed by atoms with Crippen molar-refractivity contribution in [3.63, 3.8) is 0 Å². The van der Waals surface area contributed by atoms with Crippen molar-refractivity contribution in [3.05, 3.63) is 0 Å². The van der Waals surface area contributed by atoms with E-state index in [1.54, 1.807) is 0 Å². The van der Waals surface area contributed by atoms with Gasteiger partial charge in [0.1, 0.15) is 6.10 Å².